The molecule has 0 spiro atoms. The molecule has 0 fully saturated rings. The van der Waals surface area contributed by atoms with E-state index in [0.717, 1.165) is 39.6 Å². The van der Waals surface area contributed by atoms with Gasteiger partial charge in [-0.2, -0.15) is 5.10 Å². The van der Waals surface area contributed by atoms with Crippen LogP contribution in [0.4, 0.5) is 0 Å². The lowest BCUT2D eigenvalue weighted by Crippen LogP contribution is -2.13. The van der Waals surface area contributed by atoms with E-state index in [0.29, 0.717) is 13.1 Å². The van der Waals surface area contributed by atoms with Crippen molar-refractivity contribution in [1.29, 1.82) is 0 Å². The molecule has 0 atom stereocenters. The maximum absolute atomic E-state index is 5.53. The summed E-state index contributed by atoms with van der Waals surface area (Å²) < 4.78 is 14.0. The summed E-state index contributed by atoms with van der Waals surface area (Å²) >= 11 is 2.36. The fraction of sp³-hybridized carbons (Fsp3) is 0.192. The first-order chi connectivity index (χ1) is 15.6. The Kier molecular flexibility index (Phi) is 7.12. The number of aromatic nitrogens is 2. The smallest absolute Gasteiger partial charge is 0.127 e. The second-order valence-corrected chi connectivity index (χ2v) is 8.69. The SMILES string of the molecule is COc1ccc(CNCc2cn(-c3ccc(I)c(C)c3)nc2-c2ccccc2)c(OC)c1. The summed E-state index contributed by atoms with van der Waals surface area (Å²) in [7, 11) is 3.34. The van der Waals surface area contributed by atoms with Crippen LogP contribution in [-0.4, -0.2) is 24.0 Å². The summed E-state index contributed by atoms with van der Waals surface area (Å²) in [4.78, 5) is 0. The molecule has 0 amide bonds. The zero-order chi connectivity index (χ0) is 22.5. The Hall–Kier alpha value is -2.84. The fourth-order valence-electron chi connectivity index (χ4n) is 3.61. The molecular formula is C26H26IN3O2. The third-order valence-electron chi connectivity index (χ3n) is 5.37. The Labute approximate surface area is 202 Å². The van der Waals surface area contributed by atoms with Crippen molar-refractivity contribution in [3.05, 3.63) is 93.2 Å². The fourth-order valence-corrected chi connectivity index (χ4v) is 3.95. The predicted molar refractivity (Wildman–Crippen MR) is 137 cm³/mol. The van der Waals surface area contributed by atoms with Crippen LogP contribution < -0.4 is 14.8 Å². The van der Waals surface area contributed by atoms with Crippen LogP contribution in [0, 0.1) is 10.5 Å². The van der Waals surface area contributed by atoms with E-state index in [2.05, 4.69) is 71.4 Å². The lowest BCUT2D eigenvalue weighted by Gasteiger charge is -2.11. The number of hydrogen-bond acceptors (Lipinski definition) is 4. The molecule has 1 heterocycles. The number of nitrogens with one attached hydrogen (secondary N) is 1. The average molecular weight is 539 g/mol. The third-order valence-corrected chi connectivity index (χ3v) is 6.58. The van der Waals surface area contributed by atoms with Gasteiger partial charge in [0.1, 0.15) is 11.5 Å². The van der Waals surface area contributed by atoms with Crippen molar-refractivity contribution in [2.45, 2.75) is 20.0 Å². The van der Waals surface area contributed by atoms with E-state index in [1.54, 1.807) is 14.2 Å². The summed E-state index contributed by atoms with van der Waals surface area (Å²) in [5.41, 5.74) is 6.60. The van der Waals surface area contributed by atoms with Crippen molar-refractivity contribution < 1.29 is 9.47 Å². The molecule has 0 saturated heterocycles. The van der Waals surface area contributed by atoms with E-state index in [4.69, 9.17) is 14.6 Å². The summed E-state index contributed by atoms with van der Waals surface area (Å²) in [5, 5.41) is 8.49. The van der Waals surface area contributed by atoms with Crippen molar-refractivity contribution in [2.75, 3.05) is 14.2 Å². The second-order valence-electron chi connectivity index (χ2n) is 7.53. The van der Waals surface area contributed by atoms with Crippen LogP contribution in [0.1, 0.15) is 16.7 Å². The zero-order valence-electron chi connectivity index (χ0n) is 18.4. The lowest BCUT2D eigenvalue weighted by atomic mass is 10.1. The summed E-state index contributed by atoms with van der Waals surface area (Å²) in [6.45, 7) is 3.48. The number of ether oxygens (including phenoxy) is 2. The van der Waals surface area contributed by atoms with Gasteiger partial charge in [-0.25, -0.2) is 4.68 Å². The summed E-state index contributed by atoms with van der Waals surface area (Å²) in [6, 6.07) is 22.6. The van der Waals surface area contributed by atoms with Crippen LogP contribution in [0.15, 0.2) is 72.9 Å². The van der Waals surface area contributed by atoms with Gasteiger partial charge >= 0.3 is 0 Å². The van der Waals surface area contributed by atoms with E-state index in [9.17, 15) is 0 Å². The topological polar surface area (TPSA) is 48.3 Å². The van der Waals surface area contributed by atoms with Crippen LogP contribution in [0.2, 0.25) is 0 Å². The normalized spacial score (nSPS) is 10.9. The molecular weight excluding hydrogens is 513 g/mol. The van der Waals surface area contributed by atoms with Gasteiger partial charge in [-0.05, 0) is 59.3 Å². The Morgan fingerprint density at radius 3 is 2.41 bits per heavy atom. The van der Waals surface area contributed by atoms with Gasteiger partial charge in [0.2, 0.25) is 0 Å². The van der Waals surface area contributed by atoms with E-state index < -0.39 is 0 Å². The molecule has 0 aliphatic rings. The highest BCUT2D eigenvalue weighted by molar-refractivity contribution is 14.1. The first-order valence-electron chi connectivity index (χ1n) is 10.4. The van der Waals surface area contributed by atoms with Gasteiger partial charge in [0.05, 0.1) is 25.6 Å². The van der Waals surface area contributed by atoms with E-state index in [-0.39, 0.29) is 0 Å². The van der Waals surface area contributed by atoms with Crippen LogP contribution in [0.3, 0.4) is 0 Å². The number of benzene rings is 3. The number of hydrogen-bond donors (Lipinski definition) is 1. The highest BCUT2D eigenvalue weighted by atomic mass is 127. The number of nitrogens with zero attached hydrogens (tertiary/aromatic N) is 2. The standard InChI is InChI=1S/C26H26IN3O2/c1-18-13-22(10-12-24(18)27)30-17-21(26(29-30)19-7-5-4-6-8-19)16-28-15-20-9-11-23(31-2)14-25(20)32-3/h4-14,17,28H,15-16H2,1-3H3. The first-order valence-corrected chi connectivity index (χ1v) is 11.5. The number of rotatable bonds is 8. The molecule has 0 aliphatic heterocycles. The van der Waals surface area contributed by atoms with Gasteiger partial charge in [0.15, 0.2) is 0 Å². The maximum Gasteiger partial charge on any atom is 0.127 e. The molecule has 3 aromatic carbocycles. The van der Waals surface area contributed by atoms with Crippen LogP contribution in [-0.2, 0) is 13.1 Å². The average Bonchev–Trinajstić information content (AvgIpc) is 3.25. The van der Waals surface area contributed by atoms with Crippen LogP contribution >= 0.6 is 22.6 Å². The Balaban J connectivity index is 1.60. The van der Waals surface area contributed by atoms with Crippen molar-refractivity contribution in [3.8, 4) is 28.4 Å². The van der Waals surface area contributed by atoms with E-state index in [1.807, 2.05) is 41.1 Å². The van der Waals surface area contributed by atoms with E-state index in [1.165, 1.54) is 9.13 Å². The lowest BCUT2D eigenvalue weighted by molar-refractivity contribution is 0.390. The second kappa shape index (κ2) is 10.2. The van der Waals surface area contributed by atoms with Gasteiger partial charge in [0.25, 0.3) is 0 Å². The Morgan fingerprint density at radius 2 is 1.69 bits per heavy atom. The van der Waals surface area contributed by atoms with Crippen molar-refractivity contribution >= 4 is 22.6 Å². The molecule has 4 rings (SSSR count). The molecule has 0 saturated carbocycles. The minimum Gasteiger partial charge on any atom is -0.497 e. The molecule has 0 aliphatic carbocycles. The number of halogens is 1. The molecule has 0 bridgehead atoms. The van der Waals surface area contributed by atoms with Crippen molar-refractivity contribution in [1.82, 2.24) is 15.1 Å². The molecule has 32 heavy (non-hydrogen) atoms. The van der Waals surface area contributed by atoms with Crippen LogP contribution in [0.5, 0.6) is 11.5 Å². The molecule has 1 N–H and O–H groups in total. The molecule has 164 valence electrons. The number of methoxy groups -OCH3 is 2. The Bertz CT molecular complexity index is 1210. The maximum atomic E-state index is 5.53. The first kappa shape index (κ1) is 22.4. The van der Waals surface area contributed by atoms with Crippen LogP contribution in [0.25, 0.3) is 16.9 Å². The largest absolute Gasteiger partial charge is 0.497 e. The van der Waals surface area contributed by atoms with Gasteiger partial charge < -0.3 is 14.8 Å². The predicted octanol–water partition coefficient (Wildman–Crippen LogP) is 5.76. The van der Waals surface area contributed by atoms with Crippen molar-refractivity contribution in [2.24, 2.45) is 0 Å². The monoisotopic (exact) mass is 539 g/mol. The molecule has 1 aromatic heterocycles. The highest BCUT2D eigenvalue weighted by Crippen LogP contribution is 2.26. The van der Waals surface area contributed by atoms with Gasteiger partial charge in [-0.15, -0.1) is 0 Å². The molecule has 5 nitrogen and oxygen atoms in total. The highest BCUT2D eigenvalue weighted by Gasteiger charge is 2.13. The summed E-state index contributed by atoms with van der Waals surface area (Å²) in [6.07, 6.45) is 2.11. The minimum atomic E-state index is 0.676. The summed E-state index contributed by atoms with van der Waals surface area (Å²) in [5.74, 6) is 1.59. The molecule has 0 radical (unpaired) electrons. The van der Waals surface area contributed by atoms with Gasteiger partial charge in [-0.3, -0.25) is 0 Å². The third kappa shape index (κ3) is 4.97. The molecule has 6 heteroatoms. The van der Waals surface area contributed by atoms with E-state index >= 15 is 0 Å². The Morgan fingerprint density at radius 1 is 0.906 bits per heavy atom. The van der Waals surface area contributed by atoms with Gasteiger partial charge in [-0.1, -0.05) is 36.4 Å². The van der Waals surface area contributed by atoms with Gasteiger partial charge in [0, 0.05) is 45.6 Å². The minimum absolute atomic E-state index is 0.676. The quantitative estimate of drug-likeness (QED) is 0.290. The number of aryl methyl sites for hydroxylation is 1. The zero-order valence-corrected chi connectivity index (χ0v) is 20.6. The van der Waals surface area contributed by atoms with Crippen molar-refractivity contribution in [3.63, 3.8) is 0 Å². The molecule has 0 unspecified atom stereocenters. The molecule has 4 aromatic rings.